The van der Waals surface area contributed by atoms with Crippen LogP contribution in [-0.2, 0) is 27.1 Å². The summed E-state index contributed by atoms with van der Waals surface area (Å²) in [5, 5.41) is 0. The third-order valence-corrected chi connectivity index (χ3v) is 17.0. The standard InChI is InChI=1S/C56H63NO/c1-52(2)24-26-54(5,6)50-43(52)16-12-18-46(50)57(47-19-13-17-44-51(47)55(7,8)27-25-53(44,3)4)41-21-23-48-45(34-41)56(39-29-35-28-36(31-39)32-40(56)30-35)42-22-20-38(33-49(42)58-48)37-14-10-9-11-15-37/h9-23,33-36,39-40H,24-32H2,1-8H3. The summed E-state index contributed by atoms with van der Waals surface area (Å²) in [7, 11) is 0. The van der Waals surface area contributed by atoms with Crippen LogP contribution in [0.3, 0.4) is 0 Å². The smallest absolute Gasteiger partial charge is 0.132 e. The molecule has 7 aliphatic rings. The quantitative estimate of drug-likeness (QED) is 0.181. The average Bonchev–Trinajstić information content (AvgIpc) is 3.20. The number of nitrogens with zero attached hydrogens (tertiary/aromatic N) is 1. The average molecular weight is 766 g/mol. The van der Waals surface area contributed by atoms with Gasteiger partial charge in [0, 0.05) is 22.2 Å². The van der Waals surface area contributed by atoms with Crippen molar-refractivity contribution >= 4 is 17.1 Å². The fraction of sp³-hybridized carbons (Fsp3) is 0.464. The van der Waals surface area contributed by atoms with Crippen molar-refractivity contribution in [3.63, 3.8) is 0 Å². The molecule has 0 amide bonds. The molecule has 298 valence electrons. The van der Waals surface area contributed by atoms with Crippen LogP contribution >= 0.6 is 0 Å². The van der Waals surface area contributed by atoms with E-state index in [1.165, 1.54) is 119 Å². The van der Waals surface area contributed by atoms with Crippen LogP contribution < -0.4 is 9.64 Å². The van der Waals surface area contributed by atoms with Gasteiger partial charge in [0.25, 0.3) is 0 Å². The Balaban J connectivity index is 1.18. The normalized spacial score (nSPS) is 28.5. The van der Waals surface area contributed by atoms with Crippen LogP contribution in [0.15, 0.2) is 103 Å². The van der Waals surface area contributed by atoms with E-state index >= 15 is 0 Å². The molecule has 1 heterocycles. The molecule has 2 heteroatoms. The second kappa shape index (κ2) is 12.4. The van der Waals surface area contributed by atoms with Crippen molar-refractivity contribution in [3.05, 3.63) is 137 Å². The highest BCUT2D eigenvalue weighted by atomic mass is 16.5. The molecular formula is C56H63NO. The van der Waals surface area contributed by atoms with Crippen LogP contribution in [0.4, 0.5) is 17.1 Å². The molecule has 4 fully saturated rings. The molecule has 0 radical (unpaired) electrons. The van der Waals surface area contributed by atoms with Gasteiger partial charge in [-0.2, -0.15) is 0 Å². The Morgan fingerprint density at radius 3 is 1.57 bits per heavy atom. The maximum Gasteiger partial charge on any atom is 0.132 e. The van der Waals surface area contributed by atoms with Gasteiger partial charge in [0.15, 0.2) is 0 Å². The van der Waals surface area contributed by atoms with Crippen molar-refractivity contribution in [2.45, 2.75) is 140 Å². The third-order valence-electron chi connectivity index (χ3n) is 17.0. The minimum Gasteiger partial charge on any atom is -0.457 e. The number of anilines is 3. The molecule has 12 rings (SSSR count). The highest BCUT2D eigenvalue weighted by Gasteiger charge is 2.61. The Kier molecular flexibility index (Phi) is 7.84. The van der Waals surface area contributed by atoms with Crippen LogP contribution in [0.25, 0.3) is 11.1 Å². The fourth-order valence-electron chi connectivity index (χ4n) is 14.1. The molecule has 4 saturated carbocycles. The summed E-state index contributed by atoms with van der Waals surface area (Å²) >= 11 is 0. The summed E-state index contributed by atoms with van der Waals surface area (Å²) in [5.41, 5.74) is 15.7. The topological polar surface area (TPSA) is 12.5 Å². The van der Waals surface area contributed by atoms with E-state index in [-0.39, 0.29) is 27.1 Å². The van der Waals surface area contributed by atoms with E-state index in [4.69, 9.17) is 4.74 Å². The first-order valence-corrected chi connectivity index (χ1v) is 22.8. The van der Waals surface area contributed by atoms with Gasteiger partial charge in [0.2, 0.25) is 0 Å². The summed E-state index contributed by atoms with van der Waals surface area (Å²) in [6.45, 7) is 19.9. The molecule has 4 bridgehead atoms. The fourth-order valence-corrected chi connectivity index (χ4v) is 14.1. The lowest BCUT2D eigenvalue weighted by molar-refractivity contribution is -0.0452. The van der Waals surface area contributed by atoms with E-state index in [0.717, 1.165) is 23.3 Å². The van der Waals surface area contributed by atoms with Gasteiger partial charge in [-0.3, -0.25) is 0 Å². The first-order chi connectivity index (χ1) is 27.7. The summed E-state index contributed by atoms with van der Waals surface area (Å²) in [5.74, 6) is 5.15. The van der Waals surface area contributed by atoms with Crippen molar-refractivity contribution in [3.8, 4) is 22.6 Å². The predicted octanol–water partition coefficient (Wildman–Crippen LogP) is 15.4. The van der Waals surface area contributed by atoms with E-state index in [1.54, 1.807) is 0 Å². The molecule has 2 nitrogen and oxygen atoms in total. The Labute approximate surface area is 348 Å². The Hall–Kier alpha value is -4.30. The minimum absolute atomic E-state index is 0.0404. The lowest BCUT2D eigenvalue weighted by atomic mass is 9.41. The molecule has 6 aliphatic carbocycles. The summed E-state index contributed by atoms with van der Waals surface area (Å²) in [4.78, 5) is 2.74. The minimum atomic E-state index is -0.0536. The lowest BCUT2D eigenvalue weighted by Crippen LogP contribution is -2.57. The summed E-state index contributed by atoms with van der Waals surface area (Å²) < 4.78 is 7.20. The Morgan fingerprint density at radius 2 is 1.00 bits per heavy atom. The van der Waals surface area contributed by atoms with Gasteiger partial charge in [0.1, 0.15) is 11.5 Å². The van der Waals surface area contributed by atoms with Crippen molar-refractivity contribution in [2.75, 3.05) is 4.90 Å². The van der Waals surface area contributed by atoms with E-state index in [0.29, 0.717) is 11.8 Å². The van der Waals surface area contributed by atoms with Crippen LogP contribution in [0.5, 0.6) is 11.5 Å². The first kappa shape index (κ1) is 36.8. The zero-order valence-corrected chi connectivity index (χ0v) is 36.3. The number of ether oxygens (including phenoxy) is 1. The van der Waals surface area contributed by atoms with E-state index < -0.39 is 0 Å². The van der Waals surface area contributed by atoms with Crippen molar-refractivity contribution in [2.24, 2.45) is 23.7 Å². The van der Waals surface area contributed by atoms with E-state index in [9.17, 15) is 0 Å². The van der Waals surface area contributed by atoms with Gasteiger partial charge in [-0.25, -0.2) is 0 Å². The lowest BCUT2D eigenvalue weighted by Gasteiger charge is -2.63. The molecule has 5 aromatic rings. The molecule has 5 aromatic carbocycles. The zero-order valence-electron chi connectivity index (χ0n) is 36.3. The predicted molar refractivity (Wildman–Crippen MR) is 241 cm³/mol. The van der Waals surface area contributed by atoms with Gasteiger partial charge < -0.3 is 9.64 Å². The van der Waals surface area contributed by atoms with Gasteiger partial charge in [-0.15, -0.1) is 0 Å². The van der Waals surface area contributed by atoms with Gasteiger partial charge in [-0.05, 0) is 173 Å². The summed E-state index contributed by atoms with van der Waals surface area (Å²) in [6, 6.07) is 40.0. The van der Waals surface area contributed by atoms with Crippen molar-refractivity contribution in [1.82, 2.24) is 0 Å². The molecule has 58 heavy (non-hydrogen) atoms. The van der Waals surface area contributed by atoms with E-state index in [1.807, 2.05) is 0 Å². The monoisotopic (exact) mass is 765 g/mol. The molecule has 0 saturated heterocycles. The highest BCUT2D eigenvalue weighted by molar-refractivity contribution is 5.85. The molecular weight excluding hydrogens is 703 g/mol. The van der Waals surface area contributed by atoms with Crippen LogP contribution in [-0.4, -0.2) is 0 Å². The summed E-state index contributed by atoms with van der Waals surface area (Å²) in [6.07, 6.45) is 11.6. The number of fused-ring (bicyclic) bond motifs is 4. The van der Waals surface area contributed by atoms with Gasteiger partial charge in [0.05, 0.1) is 11.4 Å². The van der Waals surface area contributed by atoms with Gasteiger partial charge >= 0.3 is 0 Å². The highest BCUT2D eigenvalue weighted by Crippen LogP contribution is 2.69. The van der Waals surface area contributed by atoms with Crippen molar-refractivity contribution in [1.29, 1.82) is 0 Å². The van der Waals surface area contributed by atoms with E-state index in [2.05, 4.69) is 163 Å². The van der Waals surface area contributed by atoms with Crippen molar-refractivity contribution < 1.29 is 4.74 Å². The molecule has 0 atom stereocenters. The first-order valence-electron chi connectivity index (χ1n) is 22.8. The molecule has 1 aliphatic heterocycles. The molecule has 1 spiro atoms. The SMILES string of the molecule is CC1(C)CCC(C)(C)c2c(N(c3ccc4c(c3)C3(c5ccc(-c6ccccc6)cc5O4)C4CC5CC(C4)CC3C5)c3cccc4c3C(C)(C)CCC4(C)C)cccc21. The Bertz CT molecular complexity index is 2350. The second-order valence-corrected chi connectivity index (χ2v) is 22.3. The molecule has 0 N–H and O–H groups in total. The number of hydrogen-bond acceptors (Lipinski definition) is 2. The number of hydrogen-bond donors (Lipinski definition) is 0. The van der Waals surface area contributed by atoms with Crippen LogP contribution in [0.2, 0.25) is 0 Å². The van der Waals surface area contributed by atoms with Gasteiger partial charge in [-0.1, -0.05) is 122 Å². The number of rotatable bonds is 4. The second-order valence-electron chi connectivity index (χ2n) is 22.3. The zero-order chi connectivity index (χ0) is 40.0. The van der Waals surface area contributed by atoms with Crippen LogP contribution in [0, 0.1) is 23.7 Å². The Morgan fingerprint density at radius 1 is 0.448 bits per heavy atom. The largest absolute Gasteiger partial charge is 0.457 e. The molecule has 0 aromatic heterocycles. The molecule has 0 unspecified atom stereocenters. The third kappa shape index (κ3) is 5.21. The number of benzene rings is 5. The maximum absolute atomic E-state index is 7.20. The maximum atomic E-state index is 7.20. The van der Waals surface area contributed by atoms with Crippen LogP contribution in [0.1, 0.15) is 147 Å².